The molecule has 4 nitrogen and oxygen atoms in total. The summed E-state index contributed by atoms with van der Waals surface area (Å²) in [4.78, 5) is 29.1. The number of nitrogens with one attached hydrogen (secondary N) is 1. The van der Waals surface area contributed by atoms with Gasteiger partial charge in [-0.1, -0.05) is 18.2 Å². The number of rotatable bonds is 4. The highest BCUT2D eigenvalue weighted by molar-refractivity contribution is 7.14. The molecule has 0 saturated carbocycles. The molecular weight excluding hydrogens is 363 g/mol. The van der Waals surface area contributed by atoms with Gasteiger partial charge in [0.05, 0.1) is 4.88 Å². The van der Waals surface area contributed by atoms with E-state index in [1.165, 1.54) is 10.9 Å². The molecule has 0 spiro atoms. The van der Waals surface area contributed by atoms with Gasteiger partial charge in [-0.15, -0.1) is 11.3 Å². The summed E-state index contributed by atoms with van der Waals surface area (Å²) in [6.07, 6.45) is 4.42. The lowest BCUT2D eigenvalue weighted by Gasteiger charge is -2.21. The highest BCUT2D eigenvalue weighted by atomic mass is 32.1. The molecule has 0 bridgehead atoms. The van der Waals surface area contributed by atoms with Crippen molar-refractivity contribution in [2.45, 2.75) is 38.6 Å². The SMILES string of the molecule is O=C(NCc1ccccc1F)[C@H]1CCc2sc(C(=O)N3CCCC3)cc2C1. The molecule has 0 radical (unpaired) electrons. The zero-order chi connectivity index (χ0) is 18.8. The standard InChI is InChI=1S/C21H23FN2O2S/c22-17-6-2-1-5-15(17)13-23-20(25)14-7-8-18-16(11-14)12-19(27-18)21(26)24-9-3-4-10-24/h1-2,5-6,12,14H,3-4,7-11,13H2,(H,23,25)/t14-/m0/s1. The third-order valence-electron chi connectivity index (χ3n) is 5.47. The van der Waals surface area contributed by atoms with Gasteiger partial charge in [-0.3, -0.25) is 9.59 Å². The zero-order valence-corrected chi connectivity index (χ0v) is 16.0. The lowest BCUT2D eigenvalue weighted by molar-refractivity contribution is -0.125. The van der Waals surface area contributed by atoms with Crippen molar-refractivity contribution in [3.8, 4) is 0 Å². The molecule has 1 atom stereocenters. The molecule has 2 amide bonds. The Morgan fingerprint density at radius 3 is 2.78 bits per heavy atom. The summed E-state index contributed by atoms with van der Waals surface area (Å²) in [5.41, 5.74) is 1.62. The molecule has 6 heteroatoms. The second-order valence-corrected chi connectivity index (χ2v) is 8.44. The Kier molecular flexibility index (Phi) is 5.25. The van der Waals surface area contributed by atoms with E-state index in [-0.39, 0.29) is 30.1 Å². The Labute approximate surface area is 162 Å². The van der Waals surface area contributed by atoms with Crippen molar-refractivity contribution in [1.82, 2.24) is 10.2 Å². The minimum Gasteiger partial charge on any atom is -0.352 e. The summed E-state index contributed by atoms with van der Waals surface area (Å²) in [6, 6.07) is 8.47. The van der Waals surface area contributed by atoms with Crippen molar-refractivity contribution in [2.75, 3.05) is 13.1 Å². The van der Waals surface area contributed by atoms with Crippen LogP contribution < -0.4 is 5.32 Å². The normalized spacial score (nSPS) is 19.0. The van der Waals surface area contributed by atoms with Crippen LogP contribution in [0.5, 0.6) is 0 Å². The molecule has 2 aliphatic rings. The smallest absolute Gasteiger partial charge is 0.263 e. The number of nitrogens with zero attached hydrogens (tertiary/aromatic N) is 1. The second-order valence-electron chi connectivity index (χ2n) is 7.31. The summed E-state index contributed by atoms with van der Waals surface area (Å²) in [6.45, 7) is 1.90. The predicted molar refractivity (Wildman–Crippen MR) is 103 cm³/mol. The molecule has 1 fully saturated rings. The number of benzene rings is 1. The average molecular weight is 386 g/mol. The maximum absolute atomic E-state index is 13.7. The quantitative estimate of drug-likeness (QED) is 0.874. The van der Waals surface area contributed by atoms with Crippen molar-refractivity contribution >= 4 is 23.2 Å². The summed E-state index contributed by atoms with van der Waals surface area (Å²) in [5, 5.41) is 2.86. The van der Waals surface area contributed by atoms with Gasteiger partial charge in [0, 0.05) is 36.0 Å². The molecule has 1 aromatic carbocycles. The van der Waals surface area contributed by atoms with Crippen molar-refractivity contribution < 1.29 is 14.0 Å². The van der Waals surface area contributed by atoms with E-state index in [1.54, 1.807) is 29.5 Å². The molecule has 142 valence electrons. The first-order valence-corrected chi connectivity index (χ1v) is 10.4. The van der Waals surface area contributed by atoms with E-state index in [0.717, 1.165) is 49.2 Å². The van der Waals surface area contributed by atoms with Gasteiger partial charge in [-0.05, 0) is 49.8 Å². The summed E-state index contributed by atoms with van der Waals surface area (Å²) >= 11 is 1.58. The fraction of sp³-hybridized carbons (Fsp3) is 0.429. The Hall–Kier alpha value is -2.21. The van der Waals surface area contributed by atoms with Crippen LogP contribution in [0.1, 0.15) is 44.9 Å². The average Bonchev–Trinajstić information content (AvgIpc) is 3.35. The van der Waals surface area contributed by atoms with Crippen LogP contribution in [-0.4, -0.2) is 29.8 Å². The van der Waals surface area contributed by atoms with Crippen molar-refractivity contribution in [1.29, 1.82) is 0 Å². The monoisotopic (exact) mass is 386 g/mol. The first kappa shape index (κ1) is 18.2. The van der Waals surface area contributed by atoms with E-state index in [0.29, 0.717) is 12.0 Å². The molecule has 27 heavy (non-hydrogen) atoms. The highest BCUT2D eigenvalue weighted by Gasteiger charge is 2.29. The van der Waals surface area contributed by atoms with E-state index >= 15 is 0 Å². The molecule has 1 aliphatic heterocycles. The van der Waals surface area contributed by atoms with Crippen LogP contribution in [0, 0.1) is 11.7 Å². The van der Waals surface area contributed by atoms with Crippen LogP contribution >= 0.6 is 11.3 Å². The lowest BCUT2D eigenvalue weighted by atomic mass is 9.87. The Bertz CT molecular complexity index is 858. The first-order chi connectivity index (χ1) is 13.1. The van der Waals surface area contributed by atoms with Crippen LogP contribution in [0.3, 0.4) is 0 Å². The summed E-state index contributed by atoms with van der Waals surface area (Å²) in [7, 11) is 0. The third kappa shape index (κ3) is 3.90. The van der Waals surface area contributed by atoms with Crippen LogP contribution in [-0.2, 0) is 24.2 Å². The van der Waals surface area contributed by atoms with Gasteiger partial charge >= 0.3 is 0 Å². The largest absolute Gasteiger partial charge is 0.352 e. The molecule has 2 heterocycles. The first-order valence-electron chi connectivity index (χ1n) is 9.54. The number of thiophene rings is 1. The molecule has 1 N–H and O–H groups in total. The maximum Gasteiger partial charge on any atom is 0.263 e. The van der Waals surface area contributed by atoms with Gasteiger partial charge in [0.2, 0.25) is 5.91 Å². The Morgan fingerprint density at radius 2 is 2.00 bits per heavy atom. The highest BCUT2D eigenvalue weighted by Crippen LogP contribution is 2.33. The van der Waals surface area contributed by atoms with Crippen molar-refractivity contribution in [2.24, 2.45) is 5.92 Å². The summed E-state index contributed by atoms with van der Waals surface area (Å²) in [5.74, 6) is -0.324. The number of carbonyl (C=O) groups excluding carboxylic acids is 2. The predicted octanol–water partition coefficient (Wildman–Crippen LogP) is 3.54. The van der Waals surface area contributed by atoms with E-state index in [9.17, 15) is 14.0 Å². The van der Waals surface area contributed by atoms with Crippen LogP contribution in [0.15, 0.2) is 30.3 Å². The van der Waals surface area contributed by atoms with Gasteiger partial charge in [-0.25, -0.2) is 4.39 Å². The van der Waals surface area contributed by atoms with Crippen LogP contribution in [0.25, 0.3) is 0 Å². The second kappa shape index (κ2) is 7.80. The maximum atomic E-state index is 13.7. The third-order valence-corrected chi connectivity index (χ3v) is 6.69. The zero-order valence-electron chi connectivity index (χ0n) is 15.2. The molecule has 2 aromatic rings. The molecular formula is C21H23FN2O2S. The lowest BCUT2D eigenvalue weighted by Crippen LogP contribution is -2.33. The molecule has 1 aliphatic carbocycles. The van der Waals surface area contributed by atoms with E-state index < -0.39 is 0 Å². The van der Waals surface area contributed by atoms with E-state index in [2.05, 4.69) is 5.32 Å². The molecule has 1 aromatic heterocycles. The fourth-order valence-corrected chi connectivity index (χ4v) is 5.07. The minimum absolute atomic E-state index is 0.0393. The topological polar surface area (TPSA) is 49.4 Å². The Balaban J connectivity index is 1.38. The number of aryl methyl sites for hydroxylation is 1. The number of likely N-dealkylation sites (tertiary alicyclic amines) is 1. The van der Waals surface area contributed by atoms with Gasteiger partial charge in [0.15, 0.2) is 0 Å². The number of carbonyl (C=O) groups is 2. The van der Waals surface area contributed by atoms with Gasteiger partial charge < -0.3 is 10.2 Å². The van der Waals surface area contributed by atoms with Crippen LogP contribution in [0.4, 0.5) is 4.39 Å². The van der Waals surface area contributed by atoms with Crippen molar-refractivity contribution in [3.05, 3.63) is 57.0 Å². The number of hydrogen-bond donors (Lipinski definition) is 1. The van der Waals surface area contributed by atoms with Gasteiger partial charge in [0.25, 0.3) is 5.91 Å². The fourth-order valence-electron chi connectivity index (χ4n) is 3.90. The molecule has 4 rings (SSSR count). The Morgan fingerprint density at radius 1 is 1.22 bits per heavy atom. The number of hydrogen-bond acceptors (Lipinski definition) is 3. The number of fused-ring (bicyclic) bond motifs is 1. The van der Waals surface area contributed by atoms with E-state index in [4.69, 9.17) is 0 Å². The summed E-state index contributed by atoms with van der Waals surface area (Å²) < 4.78 is 13.7. The minimum atomic E-state index is -0.299. The van der Waals surface area contributed by atoms with Gasteiger partial charge in [0.1, 0.15) is 5.82 Å². The molecule has 1 saturated heterocycles. The molecule has 0 unspecified atom stereocenters. The number of amides is 2. The van der Waals surface area contributed by atoms with Crippen molar-refractivity contribution in [3.63, 3.8) is 0 Å². The van der Waals surface area contributed by atoms with Crippen LogP contribution in [0.2, 0.25) is 0 Å². The number of halogens is 1. The van der Waals surface area contributed by atoms with E-state index in [1.807, 2.05) is 11.0 Å². The van der Waals surface area contributed by atoms with Gasteiger partial charge in [-0.2, -0.15) is 0 Å².